The van der Waals surface area contributed by atoms with Gasteiger partial charge in [0.1, 0.15) is 0 Å². The number of carboxylic acids is 2. The number of likely N-dealkylation sites (N-methyl/N-ethyl adjacent to an activating group) is 1. The van der Waals surface area contributed by atoms with E-state index < -0.39 is 23.9 Å². The van der Waals surface area contributed by atoms with E-state index in [4.69, 9.17) is 5.11 Å². The summed E-state index contributed by atoms with van der Waals surface area (Å²) in [5, 5.41) is 20.5. The van der Waals surface area contributed by atoms with Crippen LogP contribution in [-0.4, -0.2) is 66.9 Å². The molecule has 0 aliphatic carbocycles. The lowest BCUT2D eigenvalue weighted by Gasteiger charge is -2.20. The number of nitrogens with zero attached hydrogens (tertiary/aromatic N) is 1. The summed E-state index contributed by atoms with van der Waals surface area (Å²) in [5.74, 6) is -2.42. The van der Waals surface area contributed by atoms with E-state index in [1.165, 1.54) is 6.92 Å². The van der Waals surface area contributed by atoms with Crippen molar-refractivity contribution in [3.8, 4) is 0 Å². The number of quaternary nitrogens is 1. The molecular weight excluding hydrogens is 260 g/mol. The molecule has 106 valence electrons. The van der Waals surface area contributed by atoms with Crippen LogP contribution in [0.25, 0.3) is 0 Å². The lowest BCUT2D eigenvalue weighted by atomic mass is 10.3. The summed E-state index contributed by atoms with van der Waals surface area (Å²) in [4.78, 5) is 30.4. The van der Waals surface area contributed by atoms with Gasteiger partial charge in [0.15, 0.2) is 6.54 Å². The van der Waals surface area contributed by atoms with Crippen molar-refractivity contribution in [2.45, 2.75) is 13.0 Å². The molecule has 0 radical (unpaired) electrons. The maximum atomic E-state index is 10.3. The Balaban J connectivity index is 0. The standard InChI is InChI=1S/C5H9NO3S.C5H11NO2/c1-3(7)6-4(2-10)5(8)9;1-6(2,3)4-5(7)8/h4,10H,2H2,1H3,(H,6,7)(H,8,9);4H2,1-3H3/t4-;/m0./s1. The van der Waals surface area contributed by atoms with E-state index in [1.54, 1.807) is 0 Å². The van der Waals surface area contributed by atoms with Crippen LogP contribution in [0.15, 0.2) is 0 Å². The maximum absolute atomic E-state index is 10.3. The van der Waals surface area contributed by atoms with Crippen LogP contribution in [0.5, 0.6) is 0 Å². The van der Waals surface area contributed by atoms with Gasteiger partial charge < -0.3 is 24.8 Å². The Morgan fingerprint density at radius 1 is 1.33 bits per heavy atom. The van der Waals surface area contributed by atoms with E-state index in [9.17, 15) is 19.5 Å². The predicted octanol–water partition coefficient (Wildman–Crippen LogP) is -2.05. The van der Waals surface area contributed by atoms with Crippen molar-refractivity contribution < 1.29 is 29.1 Å². The highest BCUT2D eigenvalue weighted by atomic mass is 32.1. The van der Waals surface area contributed by atoms with E-state index in [0.29, 0.717) is 4.48 Å². The Bertz CT molecular complexity index is 301. The summed E-state index contributed by atoms with van der Waals surface area (Å²) >= 11 is 3.69. The first-order chi connectivity index (χ1) is 7.99. The van der Waals surface area contributed by atoms with Crippen molar-refractivity contribution in [2.24, 2.45) is 0 Å². The van der Waals surface area contributed by atoms with E-state index in [-0.39, 0.29) is 12.3 Å². The maximum Gasteiger partial charge on any atom is 0.359 e. The van der Waals surface area contributed by atoms with Gasteiger partial charge in [0.2, 0.25) is 5.91 Å². The number of hydrogen-bond acceptors (Lipinski definition) is 5. The van der Waals surface area contributed by atoms with Crippen molar-refractivity contribution in [3.63, 3.8) is 0 Å². The van der Waals surface area contributed by atoms with Gasteiger partial charge in [0.05, 0.1) is 33.2 Å². The minimum atomic E-state index is -1.31. The molecule has 0 saturated heterocycles. The monoisotopic (exact) mass is 280 g/mol. The highest BCUT2D eigenvalue weighted by molar-refractivity contribution is 7.80. The van der Waals surface area contributed by atoms with Crippen LogP contribution in [0, 0.1) is 0 Å². The molecular formula is C10H20N2O5S. The number of hydrogen-bond donors (Lipinski definition) is 3. The normalized spacial score (nSPS) is 11.8. The lowest BCUT2D eigenvalue weighted by molar-refractivity contribution is -0.862. The van der Waals surface area contributed by atoms with Gasteiger partial charge >= 0.3 is 5.97 Å². The molecule has 8 heteroatoms. The summed E-state index contributed by atoms with van der Waals surface area (Å²) in [6, 6.07) is -0.985. The first-order valence-corrected chi connectivity index (χ1v) is 5.74. The van der Waals surface area contributed by atoms with Gasteiger partial charge in [-0.05, 0) is 0 Å². The van der Waals surface area contributed by atoms with Crippen LogP contribution in [-0.2, 0) is 14.4 Å². The molecule has 1 amide bonds. The Kier molecular flexibility index (Phi) is 9.28. The second kappa shape index (κ2) is 8.76. The third kappa shape index (κ3) is 14.7. The van der Waals surface area contributed by atoms with Gasteiger partial charge in [0.25, 0.3) is 0 Å². The highest BCUT2D eigenvalue weighted by Gasteiger charge is 2.11. The zero-order valence-corrected chi connectivity index (χ0v) is 11.9. The summed E-state index contributed by atoms with van der Waals surface area (Å²) in [5.41, 5.74) is 0. The molecule has 0 aromatic carbocycles. The van der Waals surface area contributed by atoms with Crippen LogP contribution in [0.1, 0.15) is 6.92 Å². The fraction of sp³-hybridized carbons (Fsp3) is 0.700. The number of carboxylic acid groups (broad SMARTS) is 2. The molecule has 18 heavy (non-hydrogen) atoms. The molecule has 1 atom stereocenters. The summed E-state index contributed by atoms with van der Waals surface area (Å²) in [6.45, 7) is 1.42. The van der Waals surface area contributed by atoms with Gasteiger partial charge in [0, 0.05) is 12.7 Å². The molecule has 0 spiro atoms. The first-order valence-electron chi connectivity index (χ1n) is 5.10. The predicted molar refractivity (Wildman–Crippen MR) is 67.0 cm³/mol. The third-order valence-corrected chi connectivity index (χ3v) is 1.82. The fourth-order valence-electron chi connectivity index (χ4n) is 0.830. The van der Waals surface area contributed by atoms with Crippen molar-refractivity contribution >= 4 is 30.5 Å². The van der Waals surface area contributed by atoms with Crippen LogP contribution in [0.2, 0.25) is 0 Å². The smallest absolute Gasteiger partial charge is 0.359 e. The van der Waals surface area contributed by atoms with E-state index in [2.05, 4.69) is 17.9 Å². The minimum absolute atomic E-state index is 0.0436. The van der Waals surface area contributed by atoms with Gasteiger partial charge in [-0.1, -0.05) is 0 Å². The molecule has 0 bridgehead atoms. The number of aliphatic carboxylic acids is 2. The second-order valence-corrected chi connectivity index (χ2v) is 4.96. The first kappa shape index (κ1) is 19.1. The molecule has 0 heterocycles. The zero-order chi connectivity index (χ0) is 14.9. The van der Waals surface area contributed by atoms with Gasteiger partial charge in [-0.3, -0.25) is 4.79 Å². The molecule has 0 rings (SSSR count). The van der Waals surface area contributed by atoms with E-state index in [1.807, 2.05) is 21.1 Å². The van der Waals surface area contributed by atoms with Crippen molar-refractivity contribution in [2.75, 3.05) is 33.4 Å². The quantitative estimate of drug-likeness (QED) is 0.397. The third-order valence-electron chi connectivity index (χ3n) is 1.45. The average molecular weight is 280 g/mol. The molecule has 0 aromatic heterocycles. The average Bonchev–Trinajstić information content (AvgIpc) is 2.10. The molecule has 0 saturated carbocycles. The van der Waals surface area contributed by atoms with Crippen LogP contribution in [0.3, 0.4) is 0 Å². The molecule has 0 aromatic rings. The molecule has 7 nitrogen and oxygen atoms in total. The van der Waals surface area contributed by atoms with Crippen molar-refractivity contribution in [1.29, 1.82) is 0 Å². The Hall–Kier alpha value is -1.28. The fourth-order valence-corrected chi connectivity index (χ4v) is 1.07. The molecule has 0 fully saturated rings. The Morgan fingerprint density at radius 3 is 1.83 bits per heavy atom. The Labute approximate surface area is 112 Å². The number of amides is 1. The summed E-state index contributed by atoms with van der Waals surface area (Å²) < 4.78 is 0.481. The zero-order valence-electron chi connectivity index (χ0n) is 11.0. The largest absolute Gasteiger partial charge is 0.548 e. The van der Waals surface area contributed by atoms with Crippen molar-refractivity contribution in [1.82, 2.24) is 5.32 Å². The summed E-state index contributed by atoms with van der Waals surface area (Å²) in [7, 11) is 5.52. The number of nitrogens with one attached hydrogen (secondary N) is 1. The number of carbonyl (C=O) groups excluding carboxylic acids is 2. The van der Waals surface area contributed by atoms with Crippen LogP contribution in [0.4, 0.5) is 0 Å². The second-order valence-electron chi connectivity index (χ2n) is 4.60. The highest BCUT2D eigenvalue weighted by Crippen LogP contribution is 1.86. The SMILES string of the molecule is CC(=O)N[C@@H](CS)C(=O)[O-].C[N+](C)(C)CC(=O)O. The topological polar surface area (TPSA) is 107 Å². The molecule has 0 aliphatic heterocycles. The minimum Gasteiger partial charge on any atom is -0.548 e. The Morgan fingerprint density at radius 2 is 1.78 bits per heavy atom. The van der Waals surface area contributed by atoms with Crippen LogP contribution < -0.4 is 10.4 Å². The van der Waals surface area contributed by atoms with Gasteiger partial charge in [-0.2, -0.15) is 12.6 Å². The number of thiol groups is 1. The van der Waals surface area contributed by atoms with E-state index >= 15 is 0 Å². The molecule has 0 aliphatic rings. The molecule has 2 N–H and O–H groups in total. The molecule has 0 unspecified atom stereocenters. The van der Waals surface area contributed by atoms with Gasteiger partial charge in [-0.15, -0.1) is 0 Å². The lowest BCUT2D eigenvalue weighted by Crippen LogP contribution is -2.48. The number of carbonyl (C=O) groups is 3. The number of rotatable bonds is 5. The van der Waals surface area contributed by atoms with Crippen molar-refractivity contribution in [3.05, 3.63) is 0 Å². The summed E-state index contributed by atoms with van der Waals surface area (Å²) in [6.07, 6.45) is 0. The van der Waals surface area contributed by atoms with Gasteiger partial charge in [-0.25, -0.2) is 4.79 Å². The van der Waals surface area contributed by atoms with Crippen LogP contribution >= 0.6 is 12.6 Å². The van der Waals surface area contributed by atoms with E-state index in [0.717, 1.165) is 0 Å².